The average Bonchev–Trinajstić information content (AvgIpc) is 2.36. The van der Waals surface area contributed by atoms with E-state index >= 15 is 0 Å². The Bertz CT molecular complexity index is 222. The van der Waals surface area contributed by atoms with E-state index in [2.05, 4.69) is 4.37 Å². The molecule has 10 heavy (non-hydrogen) atoms. The molecule has 1 atom stereocenters. The summed E-state index contributed by atoms with van der Waals surface area (Å²) < 4.78 is 3.72. The molecule has 1 rings (SSSR count). The van der Waals surface area contributed by atoms with Gasteiger partial charge in [0.25, 0.3) is 0 Å². The van der Waals surface area contributed by atoms with Crippen LogP contribution in [0.1, 0.15) is 10.9 Å². The Morgan fingerprint density at radius 1 is 1.90 bits per heavy atom. The maximum absolute atomic E-state index is 10.3. The van der Waals surface area contributed by atoms with Crippen molar-refractivity contribution in [2.24, 2.45) is 5.73 Å². The normalized spacial score (nSPS) is 12.9. The minimum absolute atomic E-state index is 0.576. The monoisotopic (exact) mass is 158 g/mol. The van der Waals surface area contributed by atoms with Crippen molar-refractivity contribution in [1.82, 2.24) is 4.37 Å². The number of carboxylic acid groups (broad SMARTS) is 1. The zero-order valence-corrected chi connectivity index (χ0v) is 5.84. The second kappa shape index (κ2) is 2.76. The lowest BCUT2D eigenvalue weighted by atomic mass is 10.3. The average molecular weight is 158 g/mol. The zero-order valence-electron chi connectivity index (χ0n) is 5.02. The number of nitrogens with zero attached hydrogens (tertiary/aromatic N) is 1. The van der Waals surface area contributed by atoms with Crippen molar-refractivity contribution in [3.05, 3.63) is 17.1 Å². The maximum Gasteiger partial charge on any atom is 0.326 e. The Kier molecular flexibility index (Phi) is 1.98. The number of hydrogen-bond acceptors (Lipinski definition) is 4. The first kappa shape index (κ1) is 7.17. The molecule has 1 aromatic rings. The van der Waals surface area contributed by atoms with Crippen LogP contribution in [0.5, 0.6) is 0 Å². The highest BCUT2D eigenvalue weighted by Gasteiger charge is 2.14. The third kappa shape index (κ3) is 1.31. The van der Waals surface area contributed by atoms with E-state index in [-0.39, 0.29) is 0 Å². The molecule has 1 aromatic heterocycles. The minimum Gasteiger partial charge on any atom is -0.480 e. The van der Waals surface area contributed by atoms with Crippen LogP contribution < -0.4 is 5.73 Å². The second-order valence-electron chi connectivity index (χ2n) is 1.73. The molecule has 0 radical (unpaired) electrons. The van der Waals surface area contributed by atoms with Gasteiger partial charge in [-0.3, -0.25) is 4.79 Å². The second-order valence-corrected chi connectivity index (χ2v) is 2.60. The molecule has 0 amide bonds. The van der Waals surface area contributed by atoms with E-state index in [1.165, 1.54) is 6.20 Å². The number of carboxylic acids is 1. The van der Waals surface area contributed by atoms with Crippen molar-refractivity contribution in [1.29, 1.82) is 0 Å². The van der Waals surface area contributed by atoms with Crippen molar-refractivity contribution in [3.8, 4) is 0 Å². The van der Waals surface area contributed by atoms with E-state index in [0.29, 0.717) is 4.88 Å². The summed E-state index contributed by atoms with van der Waals surface area (Å²) in [4.78, 5) is 10.8. The molecule has 1 unspecified atom stereocenters. The van der Waals surface area contributed by atoms with Crippen LogP contribution in [-0.4, -0.2) is 15.4 Å². The van der Waals surface area contributed by atoms with Crippen LogP contribution in [-0.2, 0) is 4.79 Å². The van der Waals surface area contributed by atoms with Gasteiger partial charge in [-0.15, -0.1) is 0 Å². The Morgan fingerprint density at radius 3 is 3.00 bits per heavy atom. The first-order valence-electron chi connectivity index (χ1n) is 2.61. The molecule has 0 fully saturated rings. The van der Waals surface area contributed by atoms with Crippen molar-refractivity contribution < 1.29 is 9.90 Å². The first-order valence-corrected chi connectivity index (χ1v) is 3.38. The largest absolute Gasteiger partial charge is 0.480 e. The molecule has 0 aliphatic rings. The summed E-state index contributed by atoms with van der Waals surface area (Å²) in [6.07, 6.45) is 1.53. The molecular weight excluding hydrogens is 152 g/mol. The van der Waals surface area contributed by atoms with Crippen LogP contribution in [0.25, 0.3) is 0 Å². The van der Waals surface area contributed by atoms with E-state index in [1.807, 2.05) is 0 Å². The predicted octanol–water partition coefficient (Wildman–Crippen LogP) is 0.228. The van der Waals surface area contributed by atoms with Gasteiger partial charge in [-0.1, -0.05) is 0 Å². The first-order chi connectivity index (χ1) is 4.72. The molecular formula is C5H6N2O2S. The standard InChI is InChI=1S/C5H6N2O2S/c6-4(5(8)9)3-1-2-7-10-3/h1-2,4H,6H2,(H,8,9). The summed E-state index contributed by atoms with van der Waals surface area (Å²) in [5.74, 6) is -1.02. The van der Waals surface area contributed by atoms with Crippen LogP contribution >= 0.6 is 11.5 Å². The Morgan fingerprint density at radius 2 is 2.60 bits per heavy atom. The van der Waals surface area contributed by atoms with Crippen LogP contribution in [0.4, 0.5) is 0 Å². The smallest absolute Gasteiger partial charge is 0.326 e. The lowest BCUT2D eigenvalue weighted by Gasteiger charge is -1.99. The summed E-state index contributed by atoms with van der Waals surface area (Å²) in [6.45, 7) is 0. The van der Waals surface area contributed by atoms with Crippen LogP contribution in [0, 0.1) is 0 Å². The van der Waals surface area contributed by atoms with Gasteiger partial charge in [0, 0.05) is 6.20 Å². The molecule has 0 saturated carbocycles. The van der Waals surface area contributed by atoms with Crippen molar-refractivity contribution in [3.63, 3.8) is 0 Å². The quantitative estimate of drug-likeness (QED) is 0.645. The Hall–Kier alpha value is -0.940. The fourth-order valence-corrected chi connectivity index (χ4v) is 1.09. The summed E-state index contributed by atoms with van der Waals surface area (Å²) >= 11 is 1.10. The number of aliphatic carboxylic acids is 1. The van der Waals surface area contributed by atoms with Gasteiger partial charge in [0.05, 0.1) is 4.88 Å². The molecule has 5 heteroatoms. The number of carbonyl (C=O) groups is 1. The van der Waals surface area contributed by atoms with Gasteiger partial charge in [0.2, 0.25) is 0 Å². The Labute approximate surface area is 61.5 Å². The van der Waals surface area contributed by atoms with Gasteiger partial charge in [-0.05, 0) is 17.6 Å². The molecule has 3 N–H and O–H groups in total. The zero-order chi connectivity index (χ0) is 7.56. The van der Waals surface area contributed by atoms with E-state index in [1.54, 1.807) is 6.07 Å². The van der Waals surface area contributed by atoms with Gasteiger partial charge >= 0.3 is 5.97 Å². The molecule has 0 saturated heterocycles. The third-order valence-corrected chi connectivity index (χ3v) is 1.86. The van der Waals surface area contributed by atoms with E-state index in [4.69, 9.17) is 10.8 Å². The highest BCUT2D eigenvalue weighted by atomic mass is 32.1. The van der Waals surface area contributed by atoms with Gasteiger partial charge in [-0.2, -0.15) is 0 Å². The molecule has 0 spiro atoms. The van der Waals surface area contributed by atoms with Gasteiger partial charge in [0.15, 0.2) is 0 Å². The molecule has 0 aromatic carbocycles. The summed E-state index contributed by atoms with van der Waals surface area (Å²) in [5.41, 5.74) is 5.25. The van der Waals surface area contributed by atoms with E-state index < -0.39 is 12.0 Å². The van der Waals surface area contributed by atoms with Crippen molar-refractivity contribution in [2.75, 3.05) is 0 Å². The molecule has 4 nitrogen and oxygen atoms in total. The highest BCUT2D eigenvalue weighted by Crippen LogP contribution is 2.13. The summed E-state index contributed by atoms with van der Waals surface area (Å²) in [6, 6.07) is 0.677. The topological polar surface area (TPSA) is 76.2 Å². The lowest BCUT2D eigenvalue weighted by Crippen LogP contribution is -2.19. The van der Waals surface area contributed by atoms with E-state index in [9.17, 15) is 4.79 Å². The molecule has 0 aliphatic carbocycles. The van der Waals surface area contributed by atoms with Crippen molar-refractivity contribution in [2.45, 2.75) is 6.04 Å². The third-order valence-electron chi connectivity index (χ3n) is 1.03. The Balaban J connectivity index is 2.77. The molecule has 54 valence electrons. The van der Waals surface area contributed by atoms with Gasteiger partial charge in [0.1, 0.15) is 6.04 Å². The molecule has 1 heterocycles. The maximum atomic E-state index is 10.3. The van der Waals surface area contributed by atoms with Gasteiger partial charge < -0.3 is 10.8 Å². The fourth-order valence-electron chi connectivity index (χ4n) is 0.508. The number of nitrogens with two attached hydrogens (primary N) is 1. The minimum atomic E-state index is -1.02. The summed E-state index contributed by atoms with van der Waals surface area (Å²) in [7, 11) is 0. The van der Waals surface area contributed by atoms with Crippen LogP contribution in [0.2, 0.25) is 0 Å². The van der Waals surface area contributed by atoms with Crippen molar-refractivity contribution >= 4 is 17.5 Å². The van der Waals surface area contributed by atoms with Gasteiger partial charge in [-0.25, -0.2) is 4.37 Å². The van der Waals surface area contributed by atoms with E-state index in [0.717, 1.165) is 11.5 Å². The predicted molar refractivity (Wildman–Crippen MR) is 36.7 cm³/mol. The number of aromatic nitrogens is 1. The summed E-state index contributed by atoms with van der Waals surface area (Å²) in [5, 5.41) is 8.41. The number of hydrogen-bond donors (Lipinski definition) is 2. The molecule has 0 aliphatic heterocycles. The number of rotatable bonds is 2. The fraction of sp³-hybridized carbons (Fsp3) is 0.200. The lowest BCUT2D eigenvalue weighted by molar-refractivity contribution is -0.138. The van der Waals surface area contributed by atoms with Crippen LogP contribution in [0.3, 0.4) is 0 Å². The molecule has 0 bridgehead atoms. The SMILES string of the molecule is NC(C(=O)O)c1ccns1. The van der Waals surface area contributed by atoms with Crippen LogP contribution in [0.15, 0.2) is 12.3 Å². The highest BCUT2D eigenvalue weighted by molar-refractivity contribution is 7.05.